The molecule has 1 aliphatic rings. The number of hydrogen-bond donors (Lipinski definition) is 2. The van der Waals surface area contributed by atoms with Crippen molar-refractivity contribution in [1.82, 2.24) is 5.32 Å². The molecule has 1 aromatic rings. The van der Waals surface area contributed by atoms with Crippen LogP contribution in [0.15, 0.2) is 16.6 Å². The first kappa shape index (κ1) is 14.8. The molecule has 19 heavy (non-hydrogen) atoms. The SMILES string of the molecule is FC(F)Oc1c(Br)cc(Cl)cc1NC1CCCNC1. The molecule has 0 aliphatic carbocycles. The predicted molar refractivity (Wildman–Crippen MR) is 75.3 cm³/mol. The molecule has 1 aliphatic heterocycles. The van der Waals surface area contributed by atoms with Crippen LogP contribution in [0, 0.1) is 0 Å². The van der Waals surface area contributed by atoms with Gasteiger partial charge in [0.1, 0.15) is 0 Å². The molecule has 1 saturated heterocycles. The van der Waals surface area contributed by atoms with Gasteiger partial charge < -0.3 is 15.4 Å². The number of rotatable bonds is 4. The lowest BCUT2D eigenvalue weighted by atomic mass is 10.1. The Kier molecular flexibility index (Phi) is 5.24. The maximum atomic E-state index is 12.4. The summed E-state index contributed by atoms with van der Waals surface area (Å²) < 4.78 is 29.8. The number of hydrogen-bond acceptors (Lipinski definition) is 3. The Hall–Kier alpha value is -0.590. The van der Waals surface area contributed by atoms with Crippen LogP contribution >= 0.6 is 27.5 Å². The van der Waals surface area contributed by atoms with Gasteiger partial charge in [0.2, 0.25) is 0 Å². The van der Waals surface area contributed by atoms with Gasteiger partial charge in [-0.15, -0.1) is 0 Å². The number of benzene rings is 1. The van der Waals surface area contributed by atoms with Crippen LogP contribution in [0.25, 0.3) is 0 Å². The molecule has 2 N–H and O–H groups in total. The third-order valence-electron chi connectivity index (χ3n) is 2.87. The number of ether oxygens (including phenoxy) is 1. The topological polar surface area (TPSA) is 33.3 Å². The molecule has 0 aromatic heterocycles. The largest absolute Gasteiger partial charge is 0.431 e. The fraction of sp³-hybridized carbons (Fsp3) is 0.500. The van der Waals surface area contributed by atoms with Gasteiger partial charge in [-0.05, 0) is 47.4 Å². The third-order valence-corrected chi connectivity index (χ3v) is 3.68. The van der Waals surface area contributed by atoms with E-state index in [-0.39, 0.29) is 11.8 Å². The average molecular weight is 356 g/mol. The number of piperidine rings is 1. The van der Waals surface area contributed by atoms with Crippen LogP contribution in [-0.4, -0.2) is 25.7 Å². The van der Waals surface area contributed by atoms with Gasteiger partial charge in [-0.25, -0.2) is 0 Å². The maximum absolute atomic E-state index is 12.4. The van der Waals surface area contributed by atoms with Gasteiger partial charge in [0.25, 0.3) is 0 Å². The molecule has 1 fully saturated rings. The second-order valence-corrected chi connectivity index (χ2v) is 5.62. The minimum absolute atomic E-state index is 0.0879. The molecular weight excluding hydrogens is 341 g/mol. The van der Waals surface area contributed by atoms with E-state index in [0.29, 0.717) is 15.2 Å². The lowest BCUT2D eigenvalue weighted by Crippen LogP contribution is -2.38. The Morgan fingerprint density at radius 2 is 2.26 bits per heavy atom. The van der Waals surface area contributed by atoms with Crippen molar-refractivity contribution in [2.24, 2.45) is 0 Å². The van der Waals surface area contributed by atoms with E-state index in [9.17, 15) is 8.78 Å². The Morgan fingerprint density at radius 3 is 2.89 bits per heavy atom. The van der Waals surface area contributed by atoms with Crippen molar-refractivity contribution in [1.29, 1.82) is 0 Å². The number of alkyl halides is 2. The highest BCUT2D eigenvalue weighted by atomic mass is 79.9. The summed E-state index contributed by atoms with van der Waals surface area (Å²) in [7, 11) is 0. The van der Waals surface area contributed by atoms with E-state index in [0.717, 1.165) is 25.9 Å². The molecule has 106 valence electrons. The van der Waals surface area contributed by atoms with Crippen LogP contribution in [0.1, 0.15) is 12.8 Å². The van der Waals surface area contributed by atoms with E-state index in [2.05, 4.69) is 31.3 Å². The van der Waals surface area contributed by atoms with E-state index in [4.69, 9.17) is 11.6 Å². The Bertz CT molecular complexity index is 442. The van der Waals surface area contributed by atoms with E-state index in [1.165, 1.54) is 6.07 Å². The van der Waals surface area contributed by atoms with Crippen LogP contribution < -0.4 is 15.4 Å². The van der Waals surface area contributed by atoms with Gasteiger partial charge in [-0.3, -0.25) is 0 Å². The van der Waals surface area contributed by atoms with Gasteiger partial charge in [0, 0.05) is 17.6 Å². The zero-order valence-electron chi connectivity index (χ0n) is 10.1. The summed E-state index contributed by atoms with van der Waals surface area (Å²) in [5, 5.41) is 6.91. The number of halogens is 4. The summed E-state index contributed by atoms with van der Waals surface area (Å²) in [6.45, 7) is -1.10. The van der Waals surface area contributed by atoms with Crippen LogP contribution in [-0.2, 0) is 0 Å². The molecule has 3 nitrogen and oxygen atoms in total. The van der Waals surface area contributed by atoms with Gasteiger partial charge in [0.15, 0.2) is 5.75 Å². The first-order valence-corrected chi connectivity index (χ1v) is 7.14. The highest BCUT2D eigenvalue weighted by molar-refractivity contribution is 9.10. The number of anilines is 1. The van der Waals surface area contributed by atoms with Gasteiger partial charge in [-0.1, -0.05) is 11.6 Å². The fourth-order valence-corrected chi connectivity index (χ4v) is 2.98. The van der Waals surface area contributed by atoms with Crippen LogP contribution in [0.3, 0.4) is 0 Å². The van der Waals surface area contributed by atoms with E-state index >= 15 is 0 Å². The summed E-state index contributed by atoms with van der Waals surface area (Å²) in [6.07, 6.45) is 2.02. The molecule has 1 heterocycles. The summed E-state index contributed by atoms with van der Waals surface area (Å²) in [6, 6.07) is 3.31. The Balaban J connectivity index is 2.20. The highest BCUT2D eigenvalue weighted by Crippen LogP contribution is 2.38. The second kappa shape index (κ2) is 6.72. The molecular formula is C12H14BrClF2N2O. The zero-order chi connectivity index (χ0) is 13.8. The van der Waals surface area contributed by atoms with Gasteiger partial charge in [-0.2, -0.15) is 8.78 Å². The van der Waals surface area contributed by atoms with Crippen molar-refractivity contribution in [2.75, 3.05) is 18.4 Å². The van der Waals surface area contributed by atoms with Crippen molar-refractivity contribution in [3.63, 3.8) is 0 Å². The summed E-state index contributed by atoms with van der Waals surface area (Å²) in [5.74, 6) is 0.0879. The van der Waals surface area contributed by atoms with Crippen molar-refractivity contribution in [3.05, 3.63) is 21.6 Å². The molecule has 7 heteroatoms. The highest BCUT2D eigenvalue weighted by Gasteiger charge is 2.19. The monoisotopic (exact) mass is 354 g/mol. The average Bonchev–Trinajstić information content (AvgIpc) is 2.34. The molecule has 1 atom stereocenters. The smallest absolute Gasteiger partial charge is 0.387 e. The zero-order valence-corrected chi connectivity index (χ0v) is 12.4. The van der Waals surface area contributed by atoms with E-state index in [1.807, 2.05) is 0 Å². The molecule has 0 radical (unpaired) electrons. The molecule has 0 bridgehead atoms. The summed E-state index contributed by atoms with van der Waals surface area (Å²) in [4.78, 5) is 0. The number of nitrogens with one attached hydrogen (secondary N) is 2. The predicted octanol–water partition coefficient (Wildman–Crippen LogP) is 3.87. The quantitative estimate of drug-likeness (QED) is 0.860. The first-order chi connectivity index (χ1) is 9.06. The van der Waals surface area contributed by atoms with E-state index < -0.39 is 6.61 Å². The Morgan fingerprint density at radius 1 is 1.47 bits per heavy atom. The van der Waals surface area contributed by atoms with Crippen LogP contribution in [0.4, 0.5) is 14.5 Å². The normalized spacial score (nSPS) is 19.5. The molecule has 2 rings (SSSR count). The molecule has 1 aromatic carbocycles. The Labute approximate surface area is 123 Å². The fourth-order valence-electron chi connectivity index (χ4n) is 2.07. The lowest BCUT2D eigenvalue weighted by Gasteiger charge is -2.26. The molecule has 0 amide bonds. The van der Waals surface area contributed by atoms with Crippen molar-refractivity contribution < 1.29 is 13.5 Å². The maximum Gasteiger partial charge on any atom is 0.387 e. The first-order valence-electron chi connectivity index (χ1n) is 5.97. The van der Waals surface area contributed by atoms with Crippen LogP contribution in [0.2, 0.25) is 5.02 Å². The molecule has 0 spiro atoms. The minimum atomic E-state index is -2.87. The molecule has 1 unspecified atom stereocenters. The minimum Gasteiger partial charge on any atom is -0.431 e. The molecule has 0 saturated carbocycles. The standard InChI is InChI=1S/C12H14BrClF2N2O/c13-9-4-7(14)5-10(11(9)19-12(15)16)18-8-2-1-3-17-6-8/h4-5,8,12,17-18H,1-3,6H2. The van der Waals surface area contributed by atoms with Crippen LogP contribution in [0.5, 0.6) is 5.75 Å². The van der Waals surface area contributed by atoms with Crippen molar-refractivity contribution in [3.8, 4) is 5.75 Å². The van der Waals surface area contributed by atoms with Gasteiger partial charge in [0.05, 0.1) is 10.2 Å². The third kappa shape index (κ3) is 4.19. The van der Waals surface area contributed by atoms with Crippen molar-refractivity contribution in [2.45, 2.75) is 25.5 Å². The van der Waals surface area contributed by atoms with Crippen molar-refractivity contribution >= 4 is 33.2 Å². The summed E-state index contributed by atoms with van der Waals surface area (Å²) >= 11 is 9.14. The van der Waals surface area contributed by atoms with Gasteiger partial charge >= 0.3 is 6.61 Å². The summed E-state index contributed by atoms with van der Waals surface area (Å²) in [5.41, 5.74) is 0.480. The van der Waals surface area contributed by atoms with E-state index in [1.54, 1.807) is 6.07 Å². The lowest BCUT2D eigenvalue weighted by molar-refractivity contribution is -0.0499. The second-order valence-electron chi connectivity index (χ2n) is 4.33.